The Kier molecular flexibility index (Phi) is 4.74. The van der Waals surface area contributed by atoms with Crippen LogP contribution in [0, 0.1) is 17.0 Å². The molecule has 1 aromatic rings. The first kappa shape index (κ1) is 15.7. The number of amides is 1. The highest BCUT2D eigenvalue weighted by Crippen LogP contribution is 2.33. The highest BCUT2D eigenvalue weighted by Gasteiger charge is 2.31. The molecule has 1 amide bonds. The topological polar surface area (TPSA) is 63.5 Å². The minimum Gasteiger partial charge on any atom is -0.293 e. The standard InChI is InChI=1S/C14H14N2O3S2/c1-3-6-15-13(17)12(21-14(15)20)8-10-5-4-9(2)11(7-10)16(18)19/h4-5,7-8H,3,6H2,1-2H3/b12-8+. The Balaban J connectivity index is 2.33. The molecule has 0 bridgehead atoms. The van der Waals surface area contributed by atoms with Crippen molar-refractivity contribution in [3.63, 3.8) is 0 Å². The molecule has 0 N–H and O–H groups in total. The summed E-state index contributed by atoms with van der Waals surface area (Å²) in [5.74, 6) is -0.130. The number of benzene rings is 1. The van der Waals surface area contributed by atoms with Crippen molar-refractivity contribution in [3.05, 3.63) is 44.3 Å². The van der Waals surface area contributed by atoms with E-state index in [1.54, 1.807) is 30.0 Å². The normalized spacial score (nSPS) is 16.9. The van der Waals surface area contributed by atoms with Gasteiger partial charge in [-0.2, -0.15) is 0 Å². The van der Waals surface area contributed by atoms with Crippen LogP contribution in [-0.4, -0.2) is 26.6 Å². The molecule has 1 aromatic carbocycles. The van der Waals surface area contributed by atoms with Crippen LogP contribution >= 0.6 is 24.0 Å². The van der Waals surface area contributed by atoms with E-state index < -0.39 is 4.92 Å². The number of nitrogens with zero attached hydrogens (tertiary/aromatic N) is 2. The van der Waals surface area contributed by atoms with Crippen molar-refractivity contribution in [1.82, 2.24) is 4.90 Å². The van der Waals surface area contributed by atoms with E-state index in [-0.39, 0.29) is 11.6 Å². The Morgan fingerprint density at radius 3 is 2.81 bits per heavy atom. The minimum absolute atomic E-state index is 0.0489. The number of nitro groups is 1. The van der Waals surface area contributed by atoms with E-state index in [4.69, 9.17) is 12.2 Å². The van der Waals surface area contributed by atoms with Crippen LogP contribution in [0.3, 0.4) is 0 Å². The molecule has 0 atom stereocenters. The minimum atomic E-state index is -0.422. The van der Waals surface area contributed by atoms with Gasteiger partial charge >= 0.3 is 0 Å². The number of hydrogen-bond acceptors (Lipinski definition) is 5. The maximum atomic E-state index is 12.2. The van der Waals surface area contributed by atoms with E-state index in [0.717, 1.165) is 6.42 Å². The van der Waals surface area contributed by atoms with Gasteiger partial charge in [-0.05, 0) is 25.0 Å². The van der Waals surface area contributed by atoms with Crippen LogP contribution in [0.2, 0.25) is 0 Å². The van der Waals surface area contributed by atoms with Crippen molar-refractivity contribution in [2.75, 3.05) is 6.54 Å². The number of hydrogen-bond donors (Lipinski definition) is 0. The van der Waals surface area contributed by atoms with Crippen LogP contribution in [0.1, 0.15) is 24.5 Å². The largest absolute Gasteiger partial charge is 0.293 e. The molecule has 5 nitrogen and oxygen atoms in total. The van der Waals surface area contributed by atoms with Gasteiger partial charge in [0.25, 0.3) is 11.6 Å². The van der Waals surface area contributed by atoms with E-state index >= 15 is 0 Å². The zero-order valence-corrected chi connectivity index (χ0v) is 13.3. The van der Waals surface area contributed by atoms with Gasteiger partial charge in [-0.1, -0.05) is 43.0 Å². The van der Waals surface area contributed by atoms with Gasteiger partial charge in [0.05, 0.1) is 9.83 Å². The molecule has 0 spiro atoms. The second-order valence-electron chi connectivity index (χ2n) is 4.64. The highest BCUT2D eigenvalue weighted by atomic mass is 32.2. The number of carbonyl (C=O) groups is 1. The summed E-state index contributed by atoms with van der Waals surface area (Å²) in [7, 11) is 0. The average molecular weight is 322 g/mol. The van der Waals surface area contributed by atoms with Crippen LogP contribution in [0.4, 0.5) is 5.69 Å². The van der Waals surface area contributed by atoms with E-state index in [1.165, 1.54) is 17.8 Å². The Bertz CT molecular complexity index is 656. The lowest BCUT2D eigenvalue weighted by molar-refractivity contribution is -0.385. The summed E-state index contributed by atoms with van der Waals surface area (Å²) in [5, 5.41) is 10.9. The highest BCUT2D eigenvalue weighted by molar-refractivity contribution is 8.26. The maximum absolute atomic E-state index is 12.2. The number of thioether (sulfide) groups is 1. The smallest absolute Gasteiger partial charge is 0.272 e. The molecule has 1 fully saturated rings. The molecule has 0 aromatic heterocycles. The zero-order chi connectivity index (χ0) is 15.6. The van der Waals surface area contributed by atoms with Gasteiger partial charge in [0.15, 0.2) is 0 Å². The third-order valence-corrected chi connectivity index (χ3v) is 4.43. The molecule has 2 rings (SSSR count). The first-order valence-corrected chi connectivity index (χ1v) is 7.67. The number of rotatable bonds is 4. The van der Waals surface area contributed by atoms with Gasteiger partial charge in [0.1, 0.15) is 4.32 Å². The van der Waals surface area contributed by atoms with Crippen molar-refractivity contribution in [2.45, 2.75) is 20.3 Å². The molecule has 1 heterocycles. The number of aryl methyl sites for hydroxylation is 1. The second kappa shape index (κ2) is 6.36. The van der Waals surface area contributed by atoms with Gasteiger partial charge in [0.2, 0.25) is 0 Å². The van der Waals surface area contributed by atoms with Crippen molar-refractivity contribution in [3.8, 4) is 0 Å². The lowest BCUT2D eigenvalue weighted by Crippen LogP contribution is -2.28. The molecule has 1 aliphatic rings. The molecule has 0 radical (unpaired) electrons. The summed E-state index contributed by atoms with van der Waals surface area (Å²) < 4.78 is 0.537. The number of carbonyl (C=O) groups excluding carboxylic acids is 1. The zero-order valence-electron chi connectivity index (χ0n) is 11.7. The quantitative estimate of drug-likeness (QED) is 0.367. The third-order valence-electron chi connectivity index (χ3n) is 3.05. The lowest BCUT2D eigenvalue weighted by Gasteiger charge is -2.11. The van der Waals surface area contributed by atoms with Crippen LogP contribution < -0.4 is 0 Å². The monoisotopic (exact) mass is 322 g/mol. The summed E-state index contributed by atoms with van der Waals surface area (Å²) in [6.45, 7) is 4.25. The van der Waals surface area contributed by atoms with Crippen LogP contribution in [0.25, 0.3) is 6.08 Å². The molecular weight excluding hydrogens is 308 g/mol. The average Bonchev–Trinajstić information content (AvgIpc) is 2.69. The Labute approximate surface area is 132 Å². The Hall–Kier alpha value is -1.73. The summed E-state index contributed by atoms with van der Waals surface area (Å²) in [6.07, 6.45) is 2.48. The summed E-state index contributed by atoms with van der Waals surface area (Å²) in [4.78, 5) is 24.8. The van der Waals surface area contributed by atoms with Gasteiger partial charge in [-0.3, -0.25) is 19.8 Å². The van der Waals surface area contributed by atoms with E-state index in [1.807, 2.05) is 6.92 Å². The lowest BCUT2D eigenvalue weighted by atomic mass is 10.1. The SMILES string of the molecule is CCCN1C(=O)/C(=C\c2ccc(C)c([N+](=O)[O-])c2)SC1=S. The maximum Gasteiger partial charge on any atom is 0.272 e. The predicted molar refractivity (Wildman–Crippen MR) is 88.0 cm³/mol. The first-order chi connectivity index (χ1) is 9.93. The molecule has 21 heavy (non-hydrogen) atoms. The number of nitro benzene ring substituents is 1. The second-order valence-corrected chi connectivity index (χ2v) is 6.31. The molecular formula is C14H14N2O3S2. The molecule has 1 aliphatic heterocycles. The van der Waals surface area contributed by atoms with Crippen LogP contribution in [-0.2, 0) is 4.79 Å². The fraction of sp³-hybridized carbons (Fsp3) is 0.286. The first-order valence-electron chi connectivity index (χ1n) is 6.44. The van der Waals surface area contributed by atoms with E-state index in [2.05, 4.69) is 0 Å². The fourth-order valence-electron chi connectivity index (χ4n) is 1.98. The van der Waals surface area contributed by atoms with Gasteiger partial charge in [0, 0.05) is 18.2 Å². The van der Waals surface area contributed by atoms with Crippen molar-refractivity contribution in [2.24, 2.45) is 0 Å². The third kappa shape index (κ3) is 3.30. The van der Waals surface area contributed by atoms with Crippen molar-refractivity contribution in [1.29, 1.82) is 0 Å². The number of thiocarbonyl (C=S) groups is 1. The van der Waals surface area contributed by atoms with Gasteiger partial charge in [-0.25, -0.2) is 0 Å². The van der Waals surface area contributed by atoms with Crippen molar-refractivity contribution >= 4 is 46.0 Å². The van der Waals surface area contributed by atoms with E-state index in [9.17, 15) is 14.9 Å². The van der Waals surface area contributed by atoms with Crippen molar-refractivity contribution < 1.29 is 9.72 Å². The van der Waals surface area contributed by atoms with Gasteiger partial charge in [-0.15, -0.1) is 0 Å². The summed E-state index contributed by atoms with van der Waals surface area (Å²) >= 11 is 6.42. The van der Waals surface area contributed by atoms with Crippen LogP contribution in [0.15, 0.2) is 23.1 Å². The van der Waals surface area contributed by atoms with Crippen LogP contribution in [0.5, 0.6) is 0 Å². The predicted octanol–water partition coefficient (Wildman–Crippen LogP) is 3.51. The molecule has 0 aliphatic carbocycles. The van der Waals surface area contributed by atoms with Gasteiger partial charge < -0.3 is 0 Å². The Morgan fingerprint density at radius 1 is 1.48 bits per heavy atom. The molecule has 0 unspecified atom stereocenters. The molecule has 7 heteroatoms. The summed E-state index contributed by atoms with van der Waals surface area (Å²) in [6, 6.07) is 4.91. The molecule has 1 saturated heterocycles. The summed E-state index contributed by atoms with van der Waals surface area (Å²) in [5.41, 5.74) is 1.27. The fourth-order valence-corrected chi connectivity index (χ4v) is 3.29. The van der Waals surface area contributed by atoms with E-state index in [0.29, 0.717) is 26.9 Å². The Morgan fingerprint density at radius 2 is 2.19 bits per heavy atom. The molecule has 110 valence electrons. The molecule has 0 saturated carbocycles.